The van der Waals surface area contributed by atoms with Crippen molar-refractivity contribution in [3.63, 3.8) is 0 Å². The van der Waals surface area contributed by atoms with E-state index in [0.717, 1.165) is 95.1 Å². The first-order valence-electron chi connectivity index (χ1n) is 28.0. The van der Waals surface area contributed by atoms with Crippen LogP contribution in [-0.4, -0.2) is 0 Å². The summed E-state index contributed by atoms with van der Waals surface area (Å²) >= 11 is 0. The molecule has 13 aromatic rings. The Bertz CT molecular complexity index is 4620. The molecular weight excluding hydrogens is 961 g/mol. The minimum absolute atomic E-state index is 0.209. The summed E-state index contributed by atoms with van der Waals surface area (Å²) in [6.45, 7) is 29.3. The predicted molar refractivity (Wildman–Crippen MR) is 338 cm³/mol. The van der Waals surface area contributed by atoms with Gasteiger partial charge in [-0.05, 0) is 163 Å². The number of hydrogen-bond donors (Lipinski definition) is 0. The topological polar surface area (TPSA) is 32.8 Å². The van der Waals surface area contributed by atoms with E-state index in [1.165, 1.54) is 82.4 Å². The Balaban J connectivity index is 1.12. The molecule has 2 aromatic heterocycles. The van der Waals surface area contributed by atoms with Gasteiger partial charge in [0.1, 0.15) is 11.3 Å². The van der Waals surface area contributed by atoms with E-state index in [9.17, 15) is 0 Å². The number of para-hydroxylation sites is 3. The smallest absolute Gasteiger partial charge is 0.159 e. The summed E-state index contributed by atoms with van der Waals surface area (Å²) in [5.41, 5.74) is 24.1. The van der Waals surface area contributed by atoms with Gasteiger partial charge in [0.25, 0.3) is 0 Å². The van der Waals surface area contributed by atoms with Crippen molar-refractivity contribution in [3.8, 4) is 11.1 Å². The Morgan fingerprint density at radius 3 is 1.37 bits per heavy atom. The molecule has 0 radical (unpaired) electrons. The van der Waals surface area contributed by atoms with E-state index in [4.69, 9.17) is 8.83 Å². The highest BCUT2D eigenvalue weighted by molar-refractivity contribution is 6.30. The number of furan rings is 2. The van der Waals surface area contributed by atoms with Gasteiger partial charge in [-0.25, -0.2) is 0 Å². The molecular formula is C75H66N2O2. The fourth-order valence-electron chi connectivity index (χ4n) is 13.0. The van der Waals surface area contributed by atoms with Crippen LogP contribution in [0.15, 0.2) is 191 Å². The zero-order valence-electron chi connectivity index (χ0n) is 47.3. The lowest BCUT2D eigenvalue weighted by molar-refractivity contribution is 0.598. The van der Waals surface area contributed by atoms with E-state index in [1.807, 2.05) is 0 Å². The third-order valence-corrected chi connectivity index (χ3v) is 16.9. The van der Waals surface area contributed by atoms with E-state index in [1.54, 1.807) is 0 Å². The lowest BCUT2D eigenvalue weighted by atomic mass is 9.84. The molecule has 0 atom stereocenters. The van der Waals surface area contributed by atoms with Crippen LogP contribution < -0.4 is 9.80 Å². The van der Waals surface area contributed by atoms with Crippen molar-refractivity contribution in [2.45, 2.75) is 88.0 Å². The molecule has 0 amide bonds. The Labute approximate surface area is 464 Å². The van der Waals surface area contributed by atoms with Gasteiger partial charge in [-0.1, -0.05) is 185 Å². The Hall–Kier alpha value is -8.86. The number of fused-ring (bicyclic) bond motifs is 4. The largest absolute Gasteiger partial charge is 0.454 e. The molecule has 0 unspecified atom stereocenters. The average Bonchev–Trinajstić information content (AvgIpc) is 4.17. The number of nitrogens with zero attached hydrogens (tertiary/aromatic N) is 2. The maximum absolute atomic E-state index is 7.32. The zero-order valence-corrected chi connectivity index (χ0v) is 47.3. The highest BCUT2D eigenvalue weighted by Crippen LogP contribution is 2.54. The molecule has 0 aliphatic heterocycles. The summed E-state index contributed by atoms with van der Waals surface area (Å²) in [7, 11) is 0. The van der Waals surface area contributed by atoms with Crippen LogP contribution >= 0.6 is 0 Å². The average molecular weight is 1030 g/mol. The molecule has 11 aromatic carbocycles. The highest BCUT2D eigenvalue weighted by atomic mass is 16.3. The van der Waals surface area contributed by atoms with E-state index >= 15 is 0 Å². The second-order valence-electron chi connectivity index (χ2n) is 22.9. The number of rotatable bonds is 11. The first-order valence-corrected chi connectivity index (χ1v) is 28.0. The second-order valence-corrected chi connectivity index (χ2v) is 22.9. The van der Waals surface area contributed by atoms with Crippen LogP contribution in [0, 0.1) is 48.5 Å². The van der Waals surface area contributed by atoms with Crippen LogP contribution in [-0.2, 0) is 0 Å². The van der Waals surface area contributed by atoms with E-state index in [0.29, 0.717) is 0 Å². The summed E-state index contributed by atoms with van der Waals surface area (Å²) < 4.78 is 14.5. The number of hydrogen-bond acceptors (Lipinski definition) is 4. The van der Waals surface area contributed by atoms with Crippen LogP contribution in [0.5, 0.6) is 0 Å². The maximum Gasteiger partial charge on any atom is 0.159 e. The zero-order chi connectivity index (χ0) is 54.7. The fraction of sp³-hybridized carbons (Fsp3) is 0.173. The number of anilines is 6. The molecule has 79 heavy (non-hydrogen) atoms. The monoisotopic (exact) mass is 1030 g/mol. The number of benzene rings is 11. The third kappa shape index (κ3) is 7.86. The van der Waals surface area contributed by atoms with Crippen molar-refractivity contribution in [2.24, 2.45) is 0 Å². The molecule has 4 nitrogen and oxygen atoms in total. The molecule has 0 spiro atoms. The van der Waals surface area contributed by atoms with Crippen molar-refractivity contribution in [1.82, 2.24) is 0 Å². The molecule has 2 heterocycles. The van der Waals surface area contributed by atoms with Crippen LogP contribution in [0.3, 0.4) is 0 Å². The van der Waals surface area contributed by atoms with E-state index in [-0.39, 0.29) is 11.8 Å². The summed E-state index contributed by atoms with van der Waals surface area (Å²) in [5, 5.41) is 10.7. The summed E-state index contributed by atoms with van der Waals surface area (Å²) in [6, 6.07) is 65.1. The Morgan fingerprint density at radius 1 is 0.367 bits per heavy atom. The lowest BCUT2D eigenvalue weighted by Gasteiger charge is -2.32. The van der Waals surface area contributed by atoms with Crippen molar-refractivity contribution in [1.29, 1.82) is 0 Å². The van der Waals surface area contributed by atoms with Crippen LogP contribution in [0.1, 0.15) is 101 Å². The van der Waals surface area contributed by atoms with Crippen LogP contribution in [0.4, 0.5) is 34.1 Å². The first kappa shape index (κ1) is 49.7. The standard InChI is InChI=1S/C75H66N2O2/c1-42(2)62-40-68(76(64-36-30-44(5)38-48(64)9)66-28-18-24-54-51(12)72(78-74(54)66)50(11)52-22-15-13-20-46(52)7)60-34-32-56-63(43(3)4)41-69(61-35-33-55(62)70(60)71(56)61)77(65-37-31-45(6)39-49(65)10)67-29-19-27-59-58-26-17-25-57(73(58)79-75(59)67)53-23-16-14-21-47(53)8/h13-43H,11H2,1-10,12H3. The van der Waals surface area contributed by atoms with Gasteiger partial charge in [0, 0.05) is 55.0 Å². The third-order valence-electron chi connectivity index (χ3n) is 16.9. The van der Waals surface area contributed by atoms with Gasteiger partial charge < -0.3 is 18.6 Å². The van der Waals surface area contributed by atoms with Crippen molar-refractivity contribution in [2.75, 3.05) is 9.80 Å². The Kier molecular flexibility index (Phi) is 11.9. The SMILES string of the molecule is C=C(c1ccccc1C)c1oc2c(N(c3ccc(C)cc3C)c3cc(C(C)C)c4ccc5c(N(c6ccc(C)cc6C)c6cccc7c6oc6c(-c8ccccc8C)cccc67)cc(C(C)C)c6ccc3c4c65)cccc2c1C. The van der Waals surface area contributed by atoms with Gasteiger partial charge >= 0.3 is 0 Å². The molecule has 0 bridgehead atoms. The van der Waals surface area contributed by atoms with Gasteiger partial charge in [0.05, 0.1) is 22.7 Å². The van der Waals surface area contributed by atoms with Gasteiger partial charge in [0.2, 0.25) is 0 Å². The molecule has 0 aliphatic rings. The van der Waals surface area contributed by atoms with Crippen molar-refractivity contribution < 1.29 is 8.83 Å². The van der Waals surface area contributed by atoms with Crippen LogP contribution in [0.25, 0.3) is 81.9 Å². The van der Waals surface area contributed by atoms with E-state index in [2.05, 4.69) is 268 Å². The van der Waals surface area contributed by atoms with E-state index < -0.39 is 0 Å². The normalized spacial score (nSPS) is 12.0. The van der Waals surface area contributed by atoms with Crippen LogP contribution in [0.2, 0.25) is 0 Å². The summed E-state index contributed by atoms with van der Waals surface area (Å²) in [5.74, 6) is 1.23. The van der Waals surface area contributed by atoms with Gasteiger partial charge in [0.15, 0.2) is 11.2 Å². The van der Waals surface area contributed by atoms with Gasteiger partial charge in [-0.2, -0.15) is 0 Å². The maximum atomic E-state index is 7.32. The Morgan fingerprint density at radius 2 is 0.835 bits per heavy atom. The molecule has 0 saturated carbocycles. The number of aryl methyl sites for hydroxylation is 7. The lowest BCUT2D eigenvalue weighted by Crippen LogP contribution is -2.14. The predicted octanol–water partition coefficient (Wildman–Crippen LogP) is 22.3. The molecule has 0 saturated heterocycles. The minimum atomic E-state index is 0.209. The minimum Gasteiger partial charge on any atom is -0.454 e. The van der Waals surface area contributed by atoms with Gasteiger partial charge in [-0.3, -0.25) is 0 Å². The fourth-order valence-corrected chi connectivity index (χ4v) is 13.0. The van der Waals surface area contributed by atoms with Gasteiger partial charge in [-0.15, -0.1) is 0 Å². The summed E-state index contributed by atoms with van der Waals surface area (Å²) in [6.07, 6.45) is 0. The second kappa shape index (κ2) is 19.0. The molecule has 4 heteroatoms. The molecule has 0 N–H and O–H groups in total. The van der Waals surface area contributed by atoms with Crippen molar-refractivity contribution >= 4 is 105 Å². The van der Waals surface area contributed by atoms with Crippen molar-refractivity contribution in [3.05, 3.63) is 244 Å². The summed E-state index contributed by atoms with van der Waals surface area (Å²) in [4.78, 5) is 4.98. The molecule has 13 rings (SSSR count). The molecule has 0 fully saturated rings. The molecule has 388 valence electrons. The molecule has 0 aliphatic carbocycles. The quantitative estimate of drug-likeness (QED) is 0.121. The highest BCUT2D eigenvalue weighted by Gasteiger charge is 2.30. The first-order chi connectivity index (χ1) is 38.2.